The van der Waals surface area contributed by atoms with Crippen LogP contribution in [0, 0.1) is 17.4 Å². The van der Waals surface area contributed by atoms with Crippen LogP contribution in [0.3, 0.4) is 0 Å². The SMILES string of the molecule is C[C@@H](O)CNc1cc(I)cc(N2CCOCC2)n1.Cc1ccc(NC(=O)N2CC=C(C(F)(F)F)C2)cc1-c1cc(NC[C@@H](C)O)nc(N2CCOCC2)c1.Cc1ccc(NC(=O)N2CC=C(C(F)(F)F)C2)cc1B1OC(C)(C)C(C)(C)O1. The molecular weight excluding hydrogens is 1190 g/mol. The lowest BCUT2D eigenvalue weighted by Gasteiger charge is -2.32. The average molecular weight is 1260 g/mol. The van der Waals surface area contributed by atoms with Crippen LogP contribution in [0.5, 0.6) is 0 Å². The van der Waals surface area contributed by atoms with E-state index in [1.165, 1.54) is 0 Å². The molecule has 3 fully saturated rings. The Hall–Kier alpha value is -5.91. The van der Waals surface area contributed by atoms with Crippen LogP contribution in [0.15, 0.2) is 84.0 Å². The molecule has 0 aliphatic carbocycles. The zero-order chi connectivity index (χ0) is 59.7. The minimum Gasteiger partial charge on any atom is -0.399 e. The Morgan fingerprint density at radius 1 is 0.659 bits per heavy atom. The highest BCUT2D eigenvalue weighted by Crippen LogP contribution is 2.38. The molecule has 18 nitrogen and oxygen atoms in total. The fourth-order valence-corrected chi connectivity index (χ4v) is 9.51. The molecule has 82 heavy (non-hydrogen) atoms. The summed E-state index contributed by atoms with van der Waals surface area (Å²) in [6.45, 7) is 20.7. The van der Waals surface area contributed by atoms with Crippen LogP contribution in [-0.4, -0.2) is 177 Å². The Labute approximate surface area is 488 Å². The van der Waals surface area contributed by atoms with Gasteiger partial charge in [0, 0.05) is 67.3 Å². The first kappa shape index (κ1) is 63.7. The molecule has 7 heterocycles. The molecule has 2 aromatic carbocycles. The minimum absolute atomic E-state index is 0.0728. The van der Waals surface area contributed by atoms with E-state index in [1.54, 1.807) is 38.1 Å². The van der Waals surface area contributed by atoms with Crippen molar-refractivity contribution in [1.29, 1.82) is 0 Å². The zero-order valence-corrected chi connectivity index (χ0v) is 49.4. The van der Waals surface area contributed by atoms with Crippen molar-refractivity contribution in [2.24, 2.45) is 0 Å². The van der Waals surface area contributed by atoms with Gasteiger partial charge in [-0.3, -0.25) is 0 Å². The van der Waals surface area contributed by atoms with Crippen molar-refractivity contribution < 1.29 is 64.9 Å². The summed E-state index contributed by atoms with van der Waals surface area (Å²) in [5, 5.41) is 30.7. The highest BCUT2D eigenvalue weighted by molar-refractivity contribution is 14.1. The number of rotatable bonds is 12. The second kappa shape index (κ2) is 27.2. The standard InChI is InChI=1S/C25H30F3N5O3.C19H24BF3N2O3.C12H18IN3O2/c1-16-3-4-20(30-24(35)33-6-5-19(15-33)25(26,27)28)13-21(16)18-11-22(29-14-17(2)34)31-23(12-18)32-7-9-36-10-8-32;1-12-6-7-14(10-15(12)20-27-17(2,3)18(4,5)28-20)24-16(26)25-9-8-13(11-25)19(21,22)23;1-9(17)8-14-11-6-10(13)7-12(15-11)16-2-4-18-5-3-16/h3-5,11-13,17,34H,6-10,14-15H2,1-2H3,(H,29,31)(H,30,35);6-8,10H,9,11H2,1-5H3,(H,24,26);6-7,9,17H,2-5,8H2,1H3,(H,14,15)/t17-;;9-/m1.1/s1. The summed E-state index contributed by atoms with van der Waals surface area (Å²) >= 11 is 2.28. The van der Waals surface area contributed by atoms with Gasteiger partial charge < -0.3 is 69.9 Å². The summed E-state index contributed by atoms with van der Waals surface area (Å²) in [5.74, 6) is 3.15. The van der Waals surface area contributed by atoms with Gasteiger partial charge in [0.15, 0.2) is 0 Å². The van der Waals surface area contributed by atoms with Crippen LogP contribution >= 0.6 is 22.6 Å². The van der Waals surface area contributed by atoms with Gasteiger partial charge in [0.2, 0.25) is 0 Å². The molecular formula is C56H72BF6IN10O8. The molecule has 0 spiro atoms. The van der Waals surface area contributed by atoms with Crippen LogP contribution in [0.1, 0.15) is 52.7 Å². The zero-order valence-electron chi connectivity index (χ0n) is 47.2. The third-order valence-electron chi connectivity index (χ3n) is 14.4. The number of aryl methyl sites for hydroxylation is 2. The first-order valence-corrected chi connectivity index (χ1v) is 28.0. The smallest absolute Gasteiger partial charge is 0.399 e. The number of pyridine rings is 2. The summed E-state index contributed by atoms with van der Waals surface area (Å²) in [4.78, 5) is 40.8. The number of urea groups is 2. The molecule has 446 valence electrons. The number of ether oxygens (including phenoxy) is 2. The molecule has 0 unspecified atom stereocenters. The number of halogens is 7. The van der Waals surface area contributed by atoms with E-state index in [1.807, 2.05) is 71.9 Å². The number of nitrogens with one attached hydrogen (secondary N) is 4. The molecule has 2 atom stereocenters. The van der Waals surface area contributed by atoms with E-state index in [4.69, 9.17) is 23.8 Å². The van der Waals surface area contributed by atoms with Crippen molar-refractivity contribution in [3.8, 4) is 11.1 Å². The lowest BCUT2D eigenvalue weighted by atomic mass is 9.76. The van der Waals surface area contributed by atoms with Crippen molar-refractivity contribution in [2.75, 3.05) is 123 Å². The van der Waals surface area contributed by atoms with Crippen molar-refractivity contribution >= 4 is 81.9 Å². The van der Waals surface area contributed by atoms with Gasteiger partial charge in [-0.1, -0.05) is 29.8 Å². The number of carbonyl (C=O) groups is 2. The summed E-state index contributed by atoms with van der Waals surface area (Å²) < 4.78 is 101. The van der Waals surface area contributed by atoms with E-state index in [0.29, 0.717) is 56.6 Å². The van der Waals surface area contributed by atoms with E-state index in [-0.39, 0.29) is 19.2 Å². The number of morpholine rings is 2. The van der Waals surface area contributed by atoms with Crippen LogP contribution < -0.4 is 36.5 Å². The Bertz CT molecular complexity index is 2920. The highest BCUT2D eigenvalue weighted by Gasteiger charge is 2.52. The fraction of sp³-hybridized carbons (Fsp3) is 0.500. The Kier molecular flexibility index (Phi) is 21.1. The van der Waals surface area contributed by atoms with Gasteiger partial charge in [0.25, 0.3) is 0 Å². The molecule has 0 saturated carbocycles. The number of carbonyl (C=O) groups excluding carboxylic acids is 2. The molecule has 2 aromatic heterocycles. The van der Waals surface area contributed by atoms with E-state index < -0.39 is 73.1 Å². The number of aromatic nitrogens is 2. The fourth-order valence-electron chi connectivity index (χ4n) is 8.94. The molecule has 3 saturated heterocycles. The summed E-state index contributed by atoms with van der Waals surface area (Å²) in [6, 6.07) is 17.4. The number of hydrogen-bond acceptors (Lipinski definition) is 14. The van der Waals surface area contributed by atoms with Crippen LogP contribution in [0.25, 0.3) is 11.1 Å². The normalized spacial score (nSPS) is 18.6. The van der Waals surface area contributed by atoms with Crippen LogP contribution in [0.2, 0.25) is 0 Å². The molecule has 4 amide bonds. The molecule has 9 rings (SSSR count). The number of aliphatic hydroxyl groups excluding tert-OH is 2. The highest BCUT2D eigenvalue weighted by atomic mass is 127. The number of benzene rings is 2. The van der Waals surface area contributed by atoms with Crippen LogP contribution in [0.4, 0.5) is 70.6 Å². The van der Waals surface area contributed by atoms with Gasteiger partial charge in [-0.15, -0.1) is 0 Å². The predicted octanol–water partition coefficient (Wildman–Crippen LogP) is 8.97. The summed E-state index contributed by atoms with van der Waals surface area (Å²) in [6.07, 6.45) is -7.72. The third-order valence-corrected chi connectivity index (χ3v) is 15.0. The monoisotopic (exact) mass is 1260 g/mol. The lowest BCUT2D eigenvalue weighted by Crippen LogP contribution is -2.41. The number of nitrogens with zero attached hydrogens (tertiary/aromatic N) is 6. The van der Waals surface area contributed by atoms with E-state index >= 15 is 0 Å². The summed E-state index contributed by atoms with van der Waals surface area (Å²) in [7, 11) is -0.591. The van der Waals surface area contributed by atoms with Crippen molar-refractivity contribution in [3.05, 3.63) is 98.7 Å². The number of alkyl halides is 6. The quantitative estimate of drug-likeness (QED) is 0.0340. The molecule has 0 bridgehead atoms. The van der Waals surface area contributed by atoms with Gasteiger partial charge in [-0.05, 0) is 149 Å². The number of anilines is 6. The predicted molar refractivity (Wildman–Crippen MR) is 314 cm³/mol. The first-order chi connectivity index (χ1) is 38.5. The van der Waals surface area contributed by atoms with Crippen molar-refractivity contribution in [2.45, 2.75) is 91.2 Å². The van der Waals surface area contributed by atoms with Gasteiger partial charge in [0.05, 0.1) is 74.1 Å². The largest absolute Gasteiger partial charge is 0.495 e. The molecule has 5 aliphatic rings. The maximum absolute atomic E-state index is 12.9. The molecule has 5 aliphatic heterocycles. The van der Waals surface area contributed by atoms with E-state index in [9.17, 15) is 46.1 Å². The molecule has 26 heteroatoms. The second-order valence-corrected chi connectivity index (χ2v) is 22.8. The number of hydrogen-bond donors (Lipinski definition) is 6. The lowest BCUT2D eigenvalue weighted by molar-refractivity contribution is -0.0938. The first-order valence-electron chi connectivity index (χ1n) is 27.0. The number of amides is 4. The third kappa shape index (κ3) is 17.3. The molecule has 6 N–H and O–H groups in total. The van der Waals surface area contributed by atoms with E-state index in [2.05, 4.69) is 64.7 Å². The van der Waals surface area contributed by atoms with Gasteiger partial charge >= 0.3 is 31.5 Å². The van der Waals surface area contributed by atoms with Gasteiger partial charge in [0.1, 0.15) is 23.3 Å². The van der Waals surface area contributed by atoms with Crippen molar-refractivity contribution in [1.82, 2.24) is 19.8 Å². The van der Waals surface area contributed by atoms with E-state index in [0.717, 1.165) is 97.0 Å². The Morgan fingerprint density at radius 3 is 1.55 bits per heavy atom. The van der Waals surface area contributed by atoms with Crippen molar-refractivity contribution in [3.63, 3.8) is 0 Å². The Morgan fingerprint density at radius 2 is 1.10 bits per heavy atom. The molecule has 4 aromatic rings. The number of aliphatic hydroxyl groups is 2. The van der Waals surface area contributed by atoms with Crippen LogP contribution in [-0.2, 0) is 18.8 Å². The average Bonchev–Trinajstić information content (AvgIpc) is 4.33. The topological polar surface area (TPSA) is 198 Å². The molecule has 0 radical (unpaired) electrons. The second-order valence-electron chi connectivity index (χ2n) is 21.6. The van der Waals surface area contributed by atoms with Gasteiger partial charge in [-0.2, -0.15) is 26.3 Å². The minimum atomic E-state index is -4.44. The summed E-state index contributed by atoms with van der Waals surface area (Å²) in [5.41, 5.74) is 2.88. The van der Waals surface area contributed by atoms with Gasteiger partial charge in [-0.25, -0.2) is 19.6 Å². The maximum Gasteiger partial charge on any atom is 0.495 e. The Balaban J connectivity index is 0.000000187. The maximum atomic E-state index is 12.9.